The maximum Gasteiger partial charge on any atom is 0.323 e. The van der Waals surface area contributed by atoms with E-state index in [1.54, 1.807) is 0 Å². The van der Waals surface area contributed by atoms with Gasteiger partial charge in [-0.25, -0.2) is 0 Å². The van der Waals surface area contributed by atoms with E-state index in [9.17, 15) is 9.59 Å². The van der Waals surface area contributed by atoms with Gasteiger partial charge in [0, 0.05) is 0 Å². The predicted molar refractivity (Wildman–Crippen MR) is 61.1 cm³/mol. The predicted octanol–water partition coefficient (Wildman–Crippen LogP) is 1.70. The van der Waals surface area contributed by atoms with Crippen molar-refractivity contribution in [3.63, 3.8) is 0 Å². The van der Waals surface area contributed by atoms with Gasteiger partial charge in [-0.15, -0.1) is 0 Å². The second-order valence-electron chi connectivity index (χ2n) is 4.93. The lowest BCUT2D eigenvalue weighted by Gasteiger charge is -2.28. The first kappa shape index (κ1) is 12.1. The third-order valence-corrected chi connectivity index (χ3v) is 4.28. The molecule has 2 atom stereocenters. The van der Waals surface area contributed by atoms with Crippen LogP contribution in [0, 0.1) is 17.3 Å². The zero-order valence-corrected chi connectivity index (χ0v) is 10.3. The van der Waals surface area contributed by atoms with Crippen molar-refractivity contribution in [3.05, 3.63) is 12.2 Å². The summed E-state index contributed by atoms with van der Waals surface area (Å²) in [4.78, 5) is 24.1. The first-order valence-electron chi connectivity index (χ1n) is 5.92. The Hall–Kier alpha value is -1.32. The van der Waals surface area contributed by atoms with Gasteiger partial charge in [0.2, 0.25) is 0 Å². The highest BCUT2D eigenvalue weighted by atomic mass is 16.5. The molecule has 0 radical (unpaired) electrons. The van der Waals surface area contributed by atoms with E-state index in [1.165, 1.54) is 14.2 Å². The Morgan fingerprint density at radius 3 is 2.35 bits per heavy atom. The molecular weight excluding hydrogens is 220 g/mol. The molecule has 2 aliphatic carbocycles. The Balaban J connectivity index is 2.44. The molecule has 0 aromatic carbocycles. The molecule has 2 fully saturated rings. The molecule has 0 heterocycles. The van der Waals surface area contributed by atoms with Crippen molar-refractivity contribution in [3.8, 4) is 0 Å². The van der Waals surface area contributed by atoms with Crippen molar-refractivity contribution < 1.29 is 19.1 Å². The number of esters is 2. The van der Waals surface area contributed by atoms with Crippen LogP contribution in [-0.4, -0.2) is 26.2 Å². The molecule has 0 unspecified atom stereocenters. The SMILES string of the molecule is C=C1CC(C(=O)OC)(C(=O)OC)[C@H]2CCC[C@@H]12. The molecule has 2 aliphatic rings. The van der Waals surface area contributed by atoms with Crippen LogP contribution in [-0.2, 0) is 19.1 Å². The maximum atomic E-state index is 12.1. The highest BCUT2D eigenvalue weighted by Gasteiger charge is 2.62. The van der Waals surface area contributed by atoms with Crippen LogP contribution in [0.5, 0.6) is 0 Å². The number of fused-ring (bicyclic) bond motifs is 1. The molecule has 0 amide bonds. The van der Waals surface area contributed by atoms with E-state index in [2.05, 4.69) is 6.58 Å². The molecule has 0 aromatic rings. The Morgan fingerprint density at radius 1 is 1.24 bits per heavy atom. The fourth-order valence-electron chi connectivity index (χ4n) is 3.55. The summed E-state index contributed by atoms with van der Waals surface area (Å²) in [5.74, 6) is -0.664. The second kappa shape index (κ2) is 4.17. The van der Waals surface area contributed by atoms with Crippen LogP contribution in [0.3, 0.4) is 0 Å². The van der Waals surface area contributed by atoms with E-state index in [0.29, 0.717) is 6.42 Å². The molecule has 4 nitrogen and oxygen atoms in total. The molecule has 0 N–H and O–H groups in total. The summed E-state index contributed by atoms with van der Waals surface area (Å²) in [6, 6.07) is 0. The number of ether oxygens (including phenoxy) is 2. The summed E-state index contributed by atoms with van der Waals surface area (Å²) < 4.78 is 9.67. The van der Waals surface area contributed by atoms with Crippen molar-refractivity contribution in [1.29, 1.82) is 0 Å². The first-order valence-corrected chi connectivity index (χ1v) is 5.92. The number of hydrogen-bond acceptors (Lipinski definition) is 4. The van der Waals surface area contributed by atoms with Crippen LogP contribution in [0.25, 0.3) is 0 Å². The van der Waals surface area contributed by atoms with E-state index < -0.39 is 17.4 Å². The van der Waals surface area contributed by atoms with Gasteiger partial charge in [0.15, 0.2) is 5.41 Å². The molecule has 0 spiro atoms. The van der Waals surface area contributed by atoms with Gasteiger partial charge in [-0.3, -0.25) is 9.59 Å². The second-order valence-corrected chi connectivity index (χ2v) is 4.93. The maximum absolute atomic E-state index is 12.1. The summed E-state index contributed by atoms with van der Waals surface area (Å²) in [5, 5.41) is 0. The molecule has 0 saturated heterocycles. The highest BCUT2D eigenvalue weighted by molar-refractivity contribution is 6.01. The zero-order valence-electron chi connectivity index (χ0n) is 10.3. The van der Waals surface area contributed by atoms with Gasteiger partial charge < -0.3 is 9.47 Å². The van der Waals surface area contributed by atoms with Crippen molar-refractivity contribution in [1.82, 2.24) is 0 Å². The van der Waals surface area contributed by atoms with Crippen LogP contribution in [0.15, 0.2) is 12.2 Å². The lowest BCUT2D eigenvalue weighted by atomic mass is 9.76. The standard InChI is InChI=1S/C13H18O4/c1-8-7-13(11(14)16-2,12(15)17-3)10-6-4-5-9(8)10/h9-10H,1,4-7H2,2-3H3/t9-,10-/m0/s1. The van der Waals surface area contributed by atoms with Crippen LogP contribution in [0.2, 0.25) is 0 Å². The molecule has 0 aromatic heterocycles. The Labute approximate surface area is 101 Å². The minimum atomic E-state index is -1.14. The van der Waals surface area contributed by atoms with Gasteiger partial charge in [0.1, 0.15) is 0 Å². The summed E-state index contributed by atoms with van der Waals surface area (Å²) in [7, 11) is 2.64. The molecule has 2 saturated carbocycles. The Bertz CT molecular complexity index is 356. The summed E-state index contributed by atoms with van der Waals surface area (Å²) in [6.45, 7) is 4.01. The number of hydrogen-bond donors (Lipinski definition) is 0. The minimum absolute atomic E-state index is 0.00917. The lowest BCUT2D eigenvalue weighted by Crippen LogP contribution is -2.44. The first-order chi connectivity index (χ1) is 8.07. The van der Waals surface area contributed by atoms with E-state index in [1.807, 2.05) is 0 Å². The zero-order chi connectivity index (χ0) is 12.6. The minimum Gasteiger partial charge on any atom is -0.468 e. The van der Waals surface area contributed by atoms with Gasteiger partial charge >= 0.3 is 11.9 Å². The molecular formula is C13H18O4. The average Bonchev–Trinajstić information content (AvgIpc) is 2.91. The van der Waals surface area contributed by atoms with Crippen molar-refractivity contribution >= 4 is 11.9 Å². The van der Waals surface area contributed by atoms with Crippen LogP contribution in [0.1, 0.15) is 25.7 Å². The largest absolute Gasteiger partial charge is 0.468 e. The topological polar surface area (TPSA) is 52.6 Å². The van der Waals surface area contributed by atoms with Gasteiger partial charge in [0.25, 0.3) is 0 Å². The molecule has 0 bridgehead atoms. The molecule has 0 aliphatic heterocycles. The number of carbonyl (C=O) groups is 2. The van der Waals surface area contributed by atoms with Crippen LogP contribution in [0.4, 0.5) is 0 Å². The van der Waals surface area contributed by atoms with Gasteiger partial charge in [0.05, 0.1) is 14.2 Å². The quantitative estimate of drug-likeness (QED) is 0.417. The van der Waals surface area contributed by atoms with Crippen molar-refractivity contribution in [2.75, 3.05) is 14.2 Å². The van der Waals surface area contributed by atoms with Crippen molar-refractivity contribution in [2.45, 2.75) is 25.7 Å². The van der Waals surface area contributed by atoms with E-state index in [4.69, 9.17) is 9.47 Å². The fraction of sp³-hybridized carbons (Fsp3) is 0.692. The summed E-state index contributed by atoms with van der Waals surface area (Å²) >= 11 is 0. The lowest BCUT2D eigenvalue weighted by molar-refractivity contribution is -0.172. The monoisotopic (exact) mass is 238 g/mol. The average molecular weight is 238 g/mol. The smallest absolute Gasteiger partial charge is 0.323 e. The highest BCUT2D eigenvalue weighted by Crippen LogP contribution is 2.57. The van der Waals surface area contributed by atoms with E-state index in [0.717, 1.165) is 24.8 Å². The third kappa shape index (κ3) is 1.50. The van der Waals surface area contributed by atoms with Crippen molar-refractivity contribution in [2.24, 2.45) is 17.3 Å². The Kier molecular flexibility index (Phi) is 2.98. The number of rotatable bonds is 2. The van der Waals surface area contributed by atoms with Gasteiger partial charge in [-0.05, 0) is 31.1 Å². The Morgan fingerprint density at radius 2 is 1.82 bits per heavy atom. The molecule has 17 heavy (non-hydrogen) atoms. The van der Waals surface area contributed by atoms with E-state index >= 15 is 0 Å². The van der Waals surface area contributed by atoms with Gasteiger partial charge in [-0.2, -0.15) is 0 Å². The molecule has 4 heteroatoms. The third-order valence-electron chi connectivity index (χ3n) is 4.28. The van der Waals surface area contributed by atoms with Crippen LogP contribution < -0.4 is 0 Å². The fourth-order valence-corrected chi connectivity index (χ4v) is 3.55. The van der Waals surface area contributed by atoms with E-state index in [-0.39, 0.29) is 11.8 Å². The number of carbonyl (C=O) groups excluding carboxylic acids is 2. The number of allylic oxidation sites excluding steroid dienone is 1. The normalized spacial score (nSPS) is 29.9. The molecule has 94 valence electrons. The summed E-state index contributed by atoms with van der Waals surface area (Å²) in [5.41, 5.74) is -0.148. The molecule has 2 rings (SSSR count). The van der Waals surface area contributed by atoms with Gasteiger partial charge in [-0.1, -0.05) is 18.6 Å². The number of methoxy groups -OCH3 is 2. The summed E-state index contributed by atoms with van der Waals surface area (Å²) in [6.07, 6.45) is 3.29. The van der Waals surface area contributed by atoms with Crippen LogP contribution >= 0.6 is 0 Å².